The molecule has 20 heavy (non-hydrogen) atoms. The van der Waals surface area contributed by atoms with E-state index in [0.29, 0.717) is 22.8 Å². The Kier molecular flexibility index (Phi) is 3.22. The van der Waals surface area contributed by atoms with Gasteiger partial charge >= 0.3 is 0 Å². The van der Waals surface area contributed by atoms with E-state index in [2.05, 4.69) is 15.3 Å². The number of hydrogen-bond donors (Lipinski definition) is 1. The van der Waals surface area contributed by atoms with E-state index in [0.717, 1.165) is 0 Å². The number of halogens is 1. The summed E-state index contributed by atoms with van der Waals surface area (Å²) in [5, 5.41) is 17.3. The fraction of sp³-hybridized carbons (Fsp3) is 0.0714. The van der Waals surface area contributed by atoms with Crippen LogP contribution in [0.5, 0.6) is 0 Å². The van der Waals surface area contributed by atoms with Crippen LogP contribution < -0.4 is 0 Å². The summed E-state index contributed by atoms with van der Waals surface area (Å²) in [6.45, 7) is -0.243. The Morgan fingerprint density at radius 3 is 2.55 bits per heavy atom. The first kappa shape index (κ1) is 12.4. The van der Waals surface area contributed by atoms with Crippen LogP contribution in [0.25, 0.3) is 17.1 Å². The van der Waals surface area contributed by atoms with Gasteiger partial charge in [-0.3, -0.25) is 4.98 Å². The first-order chi connectivity index (χ1) is 9.79. The lowest BCUT2D eigenvalue weighted by atomic mass is 10.2. The molecule has 1 N–H and O–H groups in total. The highest BCUT2D eigenvalue weighted by Gasteiger charge is 2.16. The number of benzene rings is 1. The molecular weight excluding hydrogens is 259 g/mol. The van der Waals surface area contributed by atoms with Gasteiger partial charge < -0.3 is 5.11 Å². The zero-order chi connectivity index (χ0) is 13.9. The molecule has 1 aromatic carbocycles. The fourth-order valence-corrected chi connectivity index (χ4v) is 1.94. The number of rotatable bonds is 3. The van der Waals surface area contributed by atoms with Gasteiger partial charge in [0.2, 0.25) is 0 Å². The summed E-state index contributed by atoms with van der Waals surface area (Å²) in [6, 6.07) is 11.3. The molecule has 0 saturated heterocycles. The molecule has 0 fully saturated rings. The zero-order valence-corrected chi connectivity index (χ0v) is 10.4. The van der Waals surface area contributed by atoms with Crippen molar-refractivity contribution in [2.75, 3.05) is 0 Å². The van der Waals surface area contributed by atoms with Gasteiger partial charge in [0.05, 0.1) is 18.0 Å². The highest BCUT2D eigenvalue weighted by Crippen LogP contribution is 2.23. The van der Waals surface area contributed by atoms with Crippen LogP contribution in [0.1, 0.15) is 5.69 Å². The lowest BCUT2D eigenvalue weighted by Crippen LogP contribution is -2.01. The van der Waals surface area contributed by atoms with Crippen LogP contribution in [0.4, 0.5) is 4.39 Å². The molecule has 0 unspecified atom stereocenters. The number of pyridine rings is 1. The minimum absolute atomic E-state index is 0.243. The third kappa shape index (κ3) is 2.17. The Morgan fingerprint density at radius 2 is 1.90 bits per heavy atom. The van der Waals surface area contributed by atoms with Gasteiger partial charge in [-0.05, 0) is 36.4 Å². The average Bonchev–Trinajstić information content (AvgIpc) is 2.93. The van der Waals surface area contributed by atoms with Crippen LogP contribution in [0.15, 0.2) is 48.7 Å². The van der Waals surface area contributed by atoms with Gasteiger partial charge in [-0.1, -0.05) is 11.3 Å². The predicted octanol–water partition coefficient (Wildman–Crippen LogP) is 1.96. The van der Waals surface area contributed by atoms with Crippen LogP contribution in [-0.4, -0.2) is 25.1 Å². The molecule has 3 aromatic rings. The SMILES string of the molecule is OCc1nnn(-c2ccc(F)cc2)c1-c1ccccn1. The third-order valence-electron chi connectivity index (χ3n) is 2.87. The van der Waals surface area contributed by atoms with Gasteiger partial charge in [-0.2, -0.15) is 0 Å². The summed E-state index contributed by atoms with van der Waals surface area (Å²) in [5.41, 5.74) is 2.32. The lowest BCUT2D eigenvalue weighted by molar-refractivity contribution is 0.277. The Balaban J connectivity index is 2.17. The maximum atomic E-state index is 13.0. The topological polar surface area (TPSA) is 63.8 Å². The van der Waals surface area contributed by atoms with Crippen molar-refractivity contribution in [2.45, 2.75) is 6.61 Å². The van der Waals surface area contributed by atoms with Crippen molar-refractivity contribution in [1.29, 1.82) is 0 Å². The summed E-state index contributed by atoms with van der Waals surface area (Å²) in [6.07, 6.45) is 1.65. The number of aliphatic hydroxyl groups is 1. The van der Waals surface area contributed by atoms with Crippen molar-refractivity contribution >= 4 is 0 Å². The van der Waals surface area contributed by atoms with E-state index in [1.165, 1.54) is 16.8 Å². The normalized spacial score (nSPS) is 10.7. The molecule has 0 saturated carbocycles. The van der Waals surface area contributed by atoms with Gasteiger partial charge in [-0.15, -0.1) is 5.10 Å². The molecule has 2 heterocycles. The minimum Gasteiger partial charge on any atom is -0.390 e. The van der Waals surface area contributed by atoms with E-state index in [9.17, 15) is 9.50 Å². The lowest BCUT2D eigenvalue weighted by Gasteiger charge is -2.06. The Hall–Kier alpha value is -2.60. The smallest absolute Gasteiger partial charge is 0.123 e. The summed E-state index contributed by atoms with van der Waals surface area (Å²) in [4.78, 5) is 4.25. The molecule has 6 heteroatoms. The molecule has 2 aromatic heterocycles. The summed E-state index contributed by atoms with van der Waals surface area (Å²) >= 11 is 0. The Labute approximate surface area is 114 Å². The predicted molar refractivity (Wildman–Crippen MR) is 70.5 cm³/mol. The first-order valence-electron chi connectivity index (χ1n) is 6.02. The fourth-order valence-electron chi connectivity index (χ4n) is 1.94. The van der Waals surface area contributed by atoms with Gasteiger partial charge in [0.15, 0.2) is 0 Å². The Morgan fingerprint density at radius 1 is 1.10 bits per heavy atom. The largest absolute Gasteiger partial charge is 0.390 e. The maximum absolute atomic E-state index is 13.0. The van der Waals surface area contributed by atoms with Crippen LogP contribution in [0, 0.1) is 5.82 Å². The van der Waals surface area contributed by atoms with E-state index in [4.69, 9.17) is 0 Å². The molecule has 0 aliphatic rings. The Bertz CT molecular complexity index is 710. The van der Waals surface area contributed by atoms with E-state index in [-0.39, 0.29) is 12.4 Å². The number of hydrogen-bond acceptors (Lipinski definition) is 4. The molecule has 5 nitrogen and oxygen atoms in total. The molecular formula is C14H11FN4O. The van der Waals surface area contributed by atoms with Crippen molar-refractivity contribution in [3.63, 3.8) is 0 Å². The summed E-state index contributed by atoms with van der Waals surface area (Å²) in [5.74, 6) is -0.323. The van der Waals surface area contributed by atoms with E-state index < -0.39 is 0 Å². The number of aromatic nitrogens is 4. The van der Waals surface area contributed by atoms with Crippen molar-refractivity contribution in [3.8, 4) is 17.1 Å². The van der Waals surface area contributed by atoms with Gasteiger partial charge in [-0.25, -0.2) is 9.07 Å². The first-order valence-corrected chi connectivity index (χ1v) is 6.02. The average molecular weight is 270 g/mol. The number of aliphatic hydroxyl groups excluding tert-OH is 1. The standard InChI is InChI=1S/C14H11FN4O/c15-10-4-6-11(7-5-10)19-14(13(9-20)17-18-19)12-3-1-2-8-16-12/h1-8,20H,9H2. The quantitative estimate of drug-likeness (QED) is 0.790. The van der Waals surface area contributed by atoms with Crippen LogP contribution >= 0.6 is 0 Å². The molecule has 0 aliphatic carbocycles. The van der Waals surface area contributed by atoms with Crippen molar-refractivity contribution in [2.24, 2.45) is 0 Å². The van der Waals surface area contributed by atoms with E-state index >= 15 is 0 Å². The van der Waals surface area contributed by atoms with E-state index in [1.807, 2.05) is 6.07 Å². The van der Waals surface area contributed by atoms with E-state index in [1.54, 1.807) is 30.5 Å². The van der Waals surface area contributed by atoms with Gasteiger partial charge in [0.1, 0.15) is 17.2 Å². The second kappa shape index (κ2) is 5.18. The summed E-state index contributed by atoms with van der Waals surface area (Å²) < 4.78 is 14.5. The second-order valence-corrected chi connectivity index (χ2v) is 4.15. The third-order valence-corrected chi connectivity index (χ3v) is 2.87. The molecule has 0 aliphatic heterocycles. The van der Waals surface area contributed by atoms with Crippen molar-refractivity contribution < 1.29 is 9.50 Å². The van der Waals surface area contributed by atoms with Crippen molar-refractivity contribution in [3.05, 3.63) is 60.2 Å². The van der Waals surface area contributed by atoms with Gasteiger partial charge in [0, 0.05) is 6.20 Å². The monoisotopic (exact) mass is 270 g/mol. The molecule has 100 valence electrons. The molecule has 0 atom stereocenters. The zero-order valence-electron chi connectivity index (χ0n) is 10.4. The molecule has 0 bridgehead atoms. The number of nitrogens with zero attached hydrogens (tertiary/aromatic N) is 4. The van der Waals surface area contributed by atoms with Crippen LogP contribution in [-0.2, 0) is 6.61 Å². The van der Waals surface area contributed by atoms with Crippen molar-refractivity contribution in [1.82, 2.24) is 20.0 Å². The highest BCUT2D eigenvalue weighted by molar-refractivity contribution is 5.60. The molecule has 0 amide bonds. The molecule has 0 spiro atoms. The van der Waals surface area contributed by atoms with Crippen LogP contribution in [0.3, 0.4) is 0 Å². The maximum Gasteiger partial charge on any atom is 0.123 e. The van der Waals surface area contributed by atoms with Crippen LogP contribution in [0.2, 0.25) is 0 Å². The highest BCUT2D eigenvalue weighted by atomic mass is 19.1. The van der Waals surface area contributed by atoms with Gasteiger partial charge in [0.25, 0.3) is 0 Å². The summed E-state index contributed by atoms with van der Waals surface area (Å²) in [7, 11) is 0. The minimum atomic E-state index is -0.323. The molecule has 3 rings (SSSR count). The second-order valence-electron chi connectivity index (χ2n) is 4.15. The molecule has 0 radical (unpaired) electrons.